The molecule has 0 aromatic carbocycles. The van der Waals surface area contributed by atoms with E-state index in [0.29, 0.717) is 9.52 Å². The van der Waals surface area contributed by atoms with Gasteiger partial charge in [-0.1, -0.05) is 37.8 Å². The van der Waals surface area contributed by atoms with Gasteiger partial charge < -0.3 is 0 Å². The Morgan fingerprint density at radius 2 is 2.29 bits per heavy atom. The van der Waals surface area contributed by atoms with Crippen molar-refractivity contribution in [2.24, 2.45) is 0 Å². The summed E-state index contributed by atoms with van der Waals surface area (Å²) < 4.78 is 0. The average Bonchev–Trinajstić information content (AvgIpc) is 1.69. The van der Waals surface area contributed by atoms with Crippen molar-refractivity contribution in [1.29, 1.82) is 0 Å². The van der Waals surface area contributed by atoms with Crippen LogP contribution in [0, 0.1) is 0 Å². The Bertz CT molecular complexity index is 46.1. The first-order chi connectivity index (χ1) is 3.39. The fraction of sp³-hybridized carbons (Fsp3) is 1.00. The molecule has 1 fully saturated rings. The van der Waals surface area contributed by atoms with Gasteiger partial charge in [-0.2, -0.15) is 0 Å². The van der Waals surface area contributed by atoms with Crippen molar-refractivity contribution in [3.05, 3.63) is 0 Å². The Labute approximate surface area is 48.1 Å². The lowest BCUT2D eigenvalue weighted by atomic mass is 10.2. The Morgan fingerprint density at radius 3 is 2.57 bits per heavy atom. The van der Waals surface area contributed by atoms with E-state index in [-0.39, 0.29) is 0 Å². The van der Waals surface area contributed by atoms with Crippen LogP contribution in [0.4, 0.5) is 0 Å². The van der Waals surface area contributed by atoms with E-state index in [4.69, 9.17) is 0 Å². The Balaban J connectivity index is 2.12. The number of rotatable bonds is 0. The number of hydrogen-bond acceptors (Lipinski definition) is 0. The van der Waals surface area contributed by atoms with Crippen LogP contribution in [0.25, 0.3) is 0 Å². The zero-order chi connectivity index (χ0) is 5.11. The van der Waals surface area contributed by atoms with E-state index in [2.05, 4.69) is 6.92 Å². The van der Waals surface area contributed by atoms with Gasteiger partial charge in [-0.3, -0.25) is 0 Å². The third-order valence-corrected chi connectivity index (χ3v) is 4.20. The van der Waals surface area contributed by atoms with E-state index < -0.39 is 0 Å². The summed E-state index contributed by atoms with van der Waals surface area (Å²) in [6.45, 7) is 2.42. The van der Waals surface area contributed by atoms with Gasteiger partial charge in [-0.15, -0.1) is 0 Å². The molecule has 0 aromatic heterocycles. The molecule has 1 saturated heterocycles. The molecule has 0 N–H and O–H groups in total. The Morgan fingerprint density at radius 1 is 1.43 bits per heavy atom. The predicted molar refractivity (Wildman–Crippen MR) is 36.6 cm³/mol. The van der Waals surface area contributed by atoms with Crippen molar-refractivity contribution in [2.75, 3.05) is 0 Å². The molecule has 7 heavy (non-hydrogen) atoms. The fourth-order valence-electron chi connectivity index (χ4n) is 1.31. The number of hydrogen-bond donors (Lipinski definition) is 0. The van der Waals surface area contributed by atoms with Gasteiger partial charge in [-0.25, -0.2) is 0 Å². The highest BCUT2D eigenvalue weighted by Gasteiger charge is 2.06. The SMILES string of the molecule is CC1CCCC[SiH2]1. The van der Waals surface area contributed by atoms with Crippen molar-refractivity contribution >= 4 is 9.52 Å². The largest absolute Gasteiger partial charge is 0.0654 e. The summed E-state index contributed by atoms with van der Waals surface area (Å²) in [5.74, 6) is 0. The minimum Gasteiger partial charge on any atom is -0.0654 e. The van der Waals surface area contributed by atoms with E-state index in [9.17, 15) is 0 Å². The molecule has 0 saturated carbocycles. The molecule has 0 radical (unpaired) electrons. The maximum atomic E-state index is 2.42. The Kier molecular flexibility index (Phi) is 1.92. The van der Waals surface area contributed by atoms with E-state index in [1.54, 1.807) is 18.9 Å². The Hall–Kier alpha value is 0.217. The topological polar surface area (TPSA) is 0 Å². The normalized spacial score (nSPS) is 36.4. The minimum atomic E-state index is 0.433. The standard InChI is InChI=1S/C6H14Si/c1-6-4-2-3-5-7-6/h6H,2-5,7H2,1H3. The summed E-state index contributed by atoms with van der Waals surface area (Å²) in [6, 6.07) is 1.63. The van der Waals surface area contributed by atoms with Crippen LogP contribution in [0.5, 0.6) is 0 Å². The lowest BCUT2D eigenvalue weighted by molar-refractivity contribution is 0.658. The van der Waals surface area contributed by atoms with E-state index in [1.165, 1.54) is 12.0 Å². The molecule has 1 aliphatic heterocycles. The first kappa shape index (κ1) is 5.36. The summed E-state index contributed by atoms with van der Waals surface area (Å²) in [4.78, 5) is 0. The van der Waals surface area contributed by atoms with Crippen LogP contribution in [0.3, 0.4) is 0 Å². The first-order valence-electron chi connectivity index (χ1n) is 3.39. The zero-order valence-corrected chi connectivity index (χ0v) is 6.53. The molecule has 0 aromatic rings. The summed E-state index contributed by atoms with van der Waals surface area (Å²) >= 11 is 0. The highest BCUT2D eigenvalue weighted by molar-refractivity contribution is 6.37. The molecule has 1 unspecified atom stereocenters. The van der Waals surface area contributed by atoms with E-state index in [1.807, 2.05) is 0 Å². The van der Waals surface area contributed by atoms with Crippen LogP contribution in [-0.4, -0.2) is 9.52 Å². The highest BCUT2D eigenvalue weighted by atomic mass is 28.2. The van der Waals surface area contributed by atoms with Gasteiger partial charge in [0.15, 0.2) is 0 Å². The highest BCUT2D eigenvalue weighted by Crippen LogP contribution is 2.20. The van der Waals surface area contributed by atoms with Gasteiger partial charge in [0.05, 0.1) is 0 Å². The second-order valence-electron chi connectivity index (χ2n) is 2.74. The molecule has 0 aliphatic carbocycles. The molecule has 1 rings (SSSR count). The van der Waals surface area contributed by atoms with Crippen molar-refractivity contribution < 1.29 is 0 Å². The van der Waals surface area contributed by atoms with Gasteiger partial charge in [0.25, 0.3) is 0 Å². The van der Waals surface area contributed by atoms with Gasteiger partial charge in [0.1, 0.15) is 0 Å². The quantitative estimate of drug-likeness (QED) is 0.419. The second-order valence-corrected chi connectivity index (χ2v) is 5.42. The van der Waals surface area contributed by atoms with Gasteiger partial charge in [-0.05, 0) is 0 Å². The van der Waals surface area contributed by atoms with Crippen LogP contribution >= 0.6 is 0 Å². The molecule has 1 heterocycles. The fourth-order valence-corrected chi connectivity index (χ4v) is 3.22. The van der Waals surface area contributed by atoms with Crippen LogP contribution in [0.15, 0.2) is 0 Å². The average molecular weight is 114 g/mol. The molecule has 1 atom stereocenters. The third-order valence-electron chi connectivity index (χ3n) is 1.89. The monoisotopic (exact) mass is 114 g/mol. The van der Waals surface area contributed by atoms with E-state index >= 15 is 0 Å². The van der Waals surface area contributed by atoms with Gasteiger partial charge >= 0.3 is 0 Å². The molecule has 0 nitrogen and oxygen atoms in total. The first-order valence-corrected chi connectivity index (χ1v) is 5.21. The molecule has 0 spiro atoms. The lowest BCUT2D eigenvalue weighted by Gasteiger charge is -2.14. The van der Waals surface area contributed by atoms with Crippen molar-refractivity contribution in [1.82, 2.24) is 0 Å². The molecule has 1 aliphatic rings. The van der Waals surface area contributed by atoms with Crippen LogP contribution in [0.2, 0.25) is 11.6 Å². The smallest absolute Gasteiger partial charge is 0.0228 e. The predicted octanol–water partition coefficient (Wildman–Crippen LogP) is 1.57. The second kappa shape index (κ2) is 2.51. The molecular weight excluding hydrogens is 100 g/mol. The van der Waals surface area contributed by atoms with Crippen molar-refractivity contribution in [2.45, 2.75) is 37.8 Å². The maximum Gasteiger partial charge on any atom is 0.0228 e. The molecule has 1 heteroatoms. The summed E-state index contributed by atoms with van der Waals surface area (Å²) in [5, 5.41) is 0. The summed E-state index contributed by atoms with van der Waals surface area (Å²) in [7, 11) is 0.433. The van der Waals surface area contributed by atoms with Crippen LogP contribution < -0.4 is 0 Å². The lowest BCUT2D eigenvalue weighted by Crippen LogP contribution is -2.04. The van der Waals surface area contributed by atoms with Crippen molar-refractivity contribution in [3.8, 4) is 0 Å². The third kappa shape index (κ3) is 1.64. The summed E-state index contributed by atoms with van der Waals surface area (Å²) in [5.41, 5.74) is 1.17. The van der Waals surface area contributed by atoms with Crippen LogP contribution in [-0.2, 0) is 0 Å². The molecular formula is C6H14Si. The summed E-state index contributed by atoms with van der Waals surface area (Å²) in [6.07, 6.45) is 4.62. The zero-order valence-electron chi connectivity index (χ0n) is 5.11. The van der Waals surface area contributed by atoms with E-state index in [0.717, 1.165) is 0 Å². The molecule has 0 amide bonds. The van der Waals surface area contributed by atoms with Gasteiger partial charge in [0, 0.05) is 9.52 Å². The van der Waals surface area contributed by atoms with Crippen LogP contribution in [0.1, 0.15) is 26.2 Å². The van der Waals surface area contributed by atoms with Gasteiger partial charge in [0.2, 0.25) is 0 Å². The van der Waals surface area contributed by atoms with Crippen molar-refractivity contribution in [3.63, 3.8) is 0 Å². The minimum absolute atomic E-state index is 0.433. The molecule has 0 bridgehead atoms. The molecule has 42 valence electrons. The maximum absolute atomic E-state index is 2.42.